The smallest absolute Gasteiger partial charge is 0.269 e. The van der Waals surface area contributed by atoms with E-state index >= 15 is 0 Å². The van der Waals surface area contributed by atoms with Gasteiger partial charge in [0.15, 0.2) is 5.76 Å². The molecule has 0 radical (unpaired) electrons. The summed E-state index contributed by atoms with van der Waals surface area (Å²) in [6.07, 6.45) is 0. The molecule has 0 bridgehead atoms. The van der Waals surface area contributed by atoms with Crippen LogP contribution in [0.1, 0.15) is 10.5 Å². The highest BCUT2D eigenvalue weighted by Gasteiger charge is 2.11. The molecular weight excluding hydrogens is 218 g/mol. The van der Waals surface area contributed by atoms with E-state index in [0.717, 1.165) is 11.0 Å². The Morgan fingerprint density at radius 1 is 1.29 bits per heavy atom. The highest BCUT2D eigenvalue weighted by Crippen LogP contribution is 2.26. The van der Waals surface area contributed by atoms with Crippen LogP contribution in [0.15, 0.2) is 40.8 Å². The fourth-order valence-electron chi connectivity index (χ4n) is 1.69. The first-order valence-corrected chi connectivity index (χ1v) is 5.08. The summed E-state index contributed by atoms with van der Waals surface area (Å²) in [5.74, 6) is 0.0646. The fourth-order valence-corrected chi connectivity index (χ4v) is 1.69. The molecule has 3 N–H and O–H groups in total. The van der Waals surface area contributed by atoms with Crippen LogP contribution in [0.2, 0.25) is 0 Å². The van der Waals surface area contributed by atoms with E-state index < -0.39 is 5.91 Å². The molecule has 1 aromatic carbocycles. The third kappa shape index (κ3) is 1.57. The molecule has 84 valence electrons. The molecule has 0 saturated heterocycles. The molecule has 1 amide bonds. The first-order chi connectivity index (χ1) is 8.24. The van der Waals surface area contributed by atoms with Crippen molar-refractivity contribution in [3.63, 3.8) is 0 Å². The largest absolute Gasteiger partial charge is 0.454 e. The molecule has 0 unspecified atom stereocenters. The van der Waals surface area contributed by atoms with Gasteiger partial charge in [0.05, 0.1) is 0 Å². The molecular formula is C12H9N3O2. The lowest BCUT2D eigenvalue weighted by molar-refractivity contribution is 0.0995. The number of benzene rings is 1. The molecule has 0 fully saturated rings. The Morgan fingerprint density at radius 3 is 2.82 bits per heavy atom. The van der Waals surface area contributed by atoms with Crippen LogP contribution in [0.3, 0.4) is 0 Å². The summed E-state index contributed by atoms with van der Waals surface area (Å²) in [7, 11) is 0. The summed E-state index contributed by atoms with van der Waals surface area (Å²) in [6, 6.07) is 11.1. The van der Waals surface area contributed by atoms with Crippen LogP contribution in [-0.2, 0) is 0 Å². The molecule has 0 aliphatic carbocycles. The molecule has 0 aliphatic heterocycles. The van der Waals surface area contributed by atoms with Crippen LogP contribution in [0, 0.1) is 0 Å². The maximum absolute atomic E-state index is 10.9. The summed E-state index contributed by atoms with van der Waals surface area (Å²) in [4.78, 5) is 10.9. The van der Waals surface area contributed by atoms with Crippen LogP contribution in [0.25, 0.3) is 22.4 Å². The van der Waals surface area contributed by atoms with Crippen molar-refractivity contribution >= 4 is 16.9 Å². The number of para-hydroxylation sites is 1. The number of aromatic amines is 1. The number of hydrogen-bond donors (Lipinski definition) is 2. The molecule has 5 nitrogen and oxygen atoms in total. The van der Waals surface area contributed by atoms with Crippen molar-refractivity contribution in [2.45, 2.75) is 0 Å². The zero-order chi connectivity index (χ0) is 11.8. The maximum atomic E-state index is 10.9. The summed E-state index contributed by atoms with van der Waals surface area (Å²) in [6.45, 7) is 0. The fraction of sp³-hybridized carbons (Fsp3) is 0. The number of aromatic nitrogens is 2. The quantitative estimate of drug-likeness (QED) is 0.701. The van der Waals surface area contributed by atoms with Crippen LogP contribution in [0.5, 0.6) is 0 Å². The van der Waals surface area contributed by atoms with Crippen molar-refractivity contribution < 1.29 is 9.21 Å². The molecule has 0 atom stereocenters. The van der Waals surface area contributed by atoms with Crippen molar-refractivity contribution in [1.82, 2.24) is 10.2 Å². The van der Waals surface area contributed by atoms with E-state index in [1.54, 1.807) is 6.07 Å². The van der Waals surface area contributed by atoms with Crippen LogP contribution in [-0.4, -0.2) is 16.1 Å². The molecule has 3 rings (SSSR count). The minimum Gasteiger partial charge on any atom is -0.454 e. The van der Waals surface area contributed by atoms with Gasteiger partial charge in [0.1, 0.15) is 17.0 Å². The normalized spacial score (nSPS) is 10.8. The van der Waals surface area contributed by atoms with E-state index in [2.05, 4.69) is 10.2 Å². The molecule has 3 aromatic rings. The third-order valence-electron chi connectivity index (χ3n) is 2.52. The second kappa shape index (κ2) is 3.48. The van der Waals surface area contributed by atoms with Crippen molar-refractivity contribution in [2.24, 2.45) is 5.73 Å². The summed E-state index contributed by atoms with van der Waals surface area (Å²) >= 11 is 0. The van der Waals surface area contributed by atoms with Gasteiger partial charge in [-0.1, -0.05) is 18.2 Å². The number of furan rings is 1. The minimum atomic E-state index is -0.566. The second-order valence-corrected chi connectivity index (χ2v) is 3.68. The molecule has 2 heterocycles. The lowest BCUT2D eigenvalue weighted by atomic mass is 10.2. The van der Waals surface area contributed by atoms with Gasteiger partial charge in [0.2, 0.25) is 0 Å². The van der Waals surface area contributed by atoms with E-state index in [0.29, 0.717) is 11.5 Å². The highest BCUT2D eigenvalue weighted by atomic mass is 16.3. The number of carbonyl (C=O) groups excluding carboxylic acids is 1. The summed E-state index contributed by atoms with van der Waals surface area (Å²) in [5, 5.41) is 7.52. The number of H-pyrrole nitrogens is 1. The Morgan fingerprint density at radius 2 is 2.12 bits per heavy atom. The average Bonchev–Trinajstić information content (AvgIpc) is 2.95. The van der Waals surface area contributed by atoms with Gasteiger partial charge >= 0.3 is 0 Å². The number of nitrogens with two attached hydrogens (primary N) is 1. The number of fused-ring (bicyclic) bond motifs is 1. The van der Waals surface area contributed by atoms with Crippen molar-refractivity contribution in [1.29, 1.82) is 0 Å². The van der Waals surface area contributed by atoms with Crippen molar-refractivity contribution in [3.8, 4) is 11.5 Å². The van der Waals surface area contributed by atoms with Gasteiger partial charge in [-0.3, -0.25) is 9.89 Å². The molecule has 0 aliphatic rings. The zero-order valence-electron chi connectivity index (χ0n) is 8.81. The molecule has 0 spiro atoms. The summed E-state index contributed by atoms with van der Waals surface area (Å²) in [5.41, 5.74) is 6.75. The standard InChI is InChI=1S/C12H9N3O2/c13-12(16)9-6-8(14-15-9)11-5-7-3-1-2-4-10(7)17-11/h1-6H,(H2,13,16)(H,14,15). The monoisotopic (exact) mass is 227 g/mol. The number of rotatable bonds is 2. The average molecular weight is 227 g/mol. The summed E-state index contributed by atoms with van der Waals surface area (Å²) < 4.78 is 5.62. The second-order valence-electron chi connectivity index (χ2n) is 3.68. The predicted molar refractivity (Wildman–Crippen MR) is 62.3 cm³/mol. The first-order valence-electron chi connectivity index (χ1n) is 5.08. The topological polar surface area (TPSA) is 84.9 Å². The van der Waals surface area contributed by atoms with E-state index in [9.17, 15) is 4.79 Å². The Kier molecular flexibility index (Phi) is 1.98. The molecule has 5 heteroatoms. The Hall–Kier alpha value is -2.56. The van der Waals surface area contributed by atoms with Gasteiger partial charge in [-0.25, -0.2) is 0 Å². The lowest BCUT2D eigenvalue weighted by Gasteiger charge is -1.87. The van der Waals surface area contributed by atoms with E-state index in [1.165, 1.54) is 0 Å². The van der Waals surface area contributed by atoms with Gasteiger partial charge in [-0.05, 0) is 12.1 Å². The van der Waals surface area contributed by atoms with Gasteiger partial charge < -0.3 is 10.2 Å². The predicted octanol–water partition coefficient (Wildman–Crippen LogP) is 1.92. The first kappa shape index (κ1) is 9.65. The van der Waals surface area contributed by atoms with E-state index in [-0.39, 0.29) is 5.69 Å². The van der Waals surface area contributed by atoms with Gasteiger partial charge in [0, 0.05) is 11.5 Å². The van der Waals surface area contributed by atoms with Crippen LogP contribution < -0.4 is 5.73 Å². The van der Waals surface area contributed by atoms with Crippen LogP contribution >= 0.6 is 0 Å². The van der Waals surface area contributed by atoms with Gasteiger partial charge in [0.25, 0.3) is 5.91 Å². The number of amides is 1. The molecule has 0 saturated carbocycles. The highest BCUT2D eigenvalue weighted by molar-refractivity contribution is 5.92. The maximum Gasteiger partial charge on any atom is 0.269 e. The van der Waals surface area contributed by atoms with Crippen molar-refractivity contribution in [3.05, 3.63) is 42.1 Å². The SMILES string of the molecule is NC(=O)c1cc(-c2cc3ccccc3o2)[nH]n1. The van der Waals surface area contributed by atoms with Gasteiger partial charge in [-0.15, -0.1) is 0 Å². The van der Waals surface area contributed by atoms with E-state index in [4.69, 9.17) is 10.2 Å². The number of nitrogens with one attached hydrogen (secondary N) is 1. The zero-order valence-corrected chi connectivity index (χ0v) is 8.81. The third-order valence-corrected chi connectivity index (χ3v) is 2.52. The Labute approximate surface area is 96.2 Å². The molecule has 17 heavy (non-hydrogen) atoms. The van der Waals surface area contributed by atoms with Crippen LogP contribution in [0.4, 0.5) is 0 Å². The van der Waals surface area contributed by atoms with Crippen molar-refractivity contribution in [2.75, 3.05) is 0 Å². The number of carbonyl (C=O) groups is 1. The Balaban J connectivity index is 2.10. The lowest BCUT2D eigenvalue weighted by Crippen LogP contribution is -2.10. The van der Waals surface area contributed by atoms with Gasteiger partial charge in [-0.2, -0.15) is 5.10 Å². The minimum absolute atomic E-state index is 0.195. The number of nitrogens with zero attached hydrogens (tertiary/aromatic N) is 1. The Bertz CT molecular complexity index is 663. The number of hydrogen-bond acceptors (Lipinski definition) is 3. The molecule has 2 aromatic heterocycles. The number of primary amides is 1. The van der Waals surface area contributed by atoms with E-state index in [1.807, 2.05) is 30.3 Å².